The molecule has 202 valence electrons. The summed E-state index contributed by atoms with van der Waals surface area (Å²) < 4.78 is 49.9. The van der Waals surface area contributed by atoms with Crippen LogP contribution in [0, 0.1) is 31.4 Å². The largest absolute Gasteiger partial charge is 0.489 e. The SMILES string of the molecule is C=C.CCC(COC)C1COc2c(C)c(-c3ccc(F)c4sc(N)c(C)c34)c(F)c3nc(OC)c(=O)n1c23. The molecule has 2 atom stereocenters. The average Bonchev–Trinajstić information content (AvgIpc) is 3.23. The second-order valence-electron chi connectivity index (χ2n) is 9.03. The Morgan fingerprint density at radius 1 is 1.26 bits per heavy atom. The highest BCUT2D eigenvalue weighted by atomic mass is 32.1. The van der Waals surface area contributed by atoms with Gasteiger partial charge in [-0.05, 0) is 37.5 Å². The first-order valence-corrected chi connectivity index (χ1v) is 13.0. The Labute approximate surface area is 223 Å². The van der Waals surface area contributed by atoms with Crippen molar-refractivity contribution in [2.75, 3.05) is 33.2 Å². The third-order valence-electron chi connectivity index (χ3n) is 7.15. The van der Waals surface area contributed by atoms with Gasteiger partial charge in [0, 0.05) is 29.5 Å². The van der Waals surface area contributed by atoms with E-state index in [1.54, 1.807) is 31.6 Å². The highest BCUT2D eigenvalue weighted by molar-refractivity contribution is 7.23. The third-order valence-corrected chi connectivity index (χ3v) is 8.28. The van der Waals surface area contributed by atoms with Gasteiger partial charge in [0.2, 0.25) is 0 Å². The van der Waals surface area contributed by atoms with Crippen molar-refractivity contribution in [2.45, 2.75) is 33.2 Å². The number of nitrogen functional groups attached to an aromatic ring is 1. The van der Waals surface area contributed by atoms with Gasteiger partial charge in [-0.3, -0.25) is 9.36 Å². The number of hydrogen-bond acceptors (Lipinski definition) is 7. The molecular weight excluding hydrogens is 512 g/mol. The van der Waals surface area contributed by atoms with Crippen molar-refractivity contribution in [2.24, 2.45) is 5.92 Å². The van der Waals surface area contributed by atoms with Gasteiger partial charge in [-0.25, -0.2) is 13.8 Å². The third kappa shape index (κ3) is 4.03. The zero-order chi connectivity index (χ0) is 27.9. The fourth-order valence-corrected chi connectivity index (χ4v) is 6.27. The van der Waals surface area contributed by atoms with Gasteiger partial charge >= 0.3 is 5.56 Å². The van der Waals surface area contributed by atoms with Gasteiger partial charge in [-0.15, -0.1) is 24.5 Å². The number of methoxy groups -OCH3 is 2. The first-order chi connectivity index (χ1) is 18.2. The molecule has 38 heavy (non-hydrogen) atoms. The van der Waals surface area contributed by atoms with Crippen LogP contribution in [0.3, 0.4) is 0 Å². The molecule has 5 rings (SSSR count). The number of nitrogens with two attached hydrogens (primary N) is 1. The van der Waals surface area contributed by atoms with Crippen molar-refractivity contribution < 1.29 is 23.0 Å². The summed E-state index contributed by atoms with van der Waals surface area (Å²) in [7, 11) is 2.93. The minimum Gasteiger partial charge on any atom is -0.489 e. The summed E-state index contributed by atoms with van der Waals surface area (Å²) in [4.78, 5) is 17.7. The molecule has 7 nitrogen and oxygen atoms in total. The zero-order valence-corrected chi connectivity index (χ0v) is 22.9. The summed E-state index contributed by atoms with van der Waals surface area (Å²) in [6.07, 6.45) is 0.724. The number of rotatable bonds is 6. The number of nitrogens with zero attached hydrogens (tertiary/aromatic N) is 2. The number of aryl methyl sites for hydroxylation is 1. The fraction of sp³-hybridized carbons (Fsp3) is 0.357. The van der Waals surface area contributed by atoms with Crippen LogP contribution in [0.25, 0.3) is 32.2 Å². The first-order valence-electron chi connectivity index (χ1n) is 12.2. The molecule has 0 radical (unpaired) electrons. The van der Waals surface area contributed by atoms with Crippen LogP contribution in [0.4, 0.5) is 13.8 Å². The molecule has 0 saturated heterocycles. The maximum atomic E-state index is 16.5. The quantitative estimate of drug-likeness (QED) is 0.293. The number of fused-ring (bicyclic) bond motifs is 1. The fourth-order valence-electron chi connectivity index (χ4n) is 5.26. The van der Waals surface area contributed by atoms with Crippen LogP contribution in [0.15, 0.2) is 30.1 Å². The number of aromatic nitrogens is 2. The molecule has 3 heterocycles. The van der Waals surface area contributed by atoms with E-state index in [0.29, 0.717) is 44.1 Å². The Morgan fingerprint density at radius 2 is 1.97 bits per heavy atom. The zero-order valence-electron chi connectivity index (χ0n) is 22.1. The maximum Gasteiger partial charge on any atom is 0.314 e. The number of halogens is 2. The van der Waals surface area contributed by atoms with E-state index in [1.807, 2.05) is 6.92 Å². The summed E-state index contributed by atoms with van der Waals surface area (Å²) in [6.45, 7) is 12.1. The Hall–Kier alpha value is -3.50. The lowest BCUT2D eigenvalue weighted by atomic mass is 9.92. The van der Waals surface area contributed by atoms with E-state index in [9.17, 15) is 9.18 Å². The molecule has 1 aliphatic rings. The summed E-state index contributed by atoms with van der Waals surface area (Å²) in [5.41, 5.74) is 7.79. The van der Waals surface area contributed by atoms with E-state index < -0.39 is 23.2 Å². The second kappa shape index (κ2) is 10.7. The Morgan fingerprint density at radius 3 is 2.61 bits per heavy atom. The standard InChI is InChI=1S/C26H27F2N3O4S.C2H4/c1-6-13(9-33-4)16-10-35-22-11(2)17(14-7-8-15(27)23-18(14)12(3)24(29)36-23)19(28)20-21(22)31(16)26(32)25(30-20)34-5;1-2/h7-8,13,16H,6,9-10,29H2,1-5H3;1-2H2. The molecule has 2 unspecified atom stereocenters. The van der Waals surface area contributed by atoms with Crippen molar-refractivity contribution in [1.29, 1.82) is 0 Å². The Balaban J connectivity index is 0.00000164. The van der Waals surface area contributed by atoms with E-state index in [0.717, 1.165) is 17.8 Å². The van der Waals surface area contributed by atoms with Crippen molar-refractivity contribution in [3.63, 3.8) is 0 Å². The highest BCUT2D eigenvalue weighted by Crippen LogP contribution is 2.47. The van der Waals surface area contributed by atoms with Crippen molar-refractivity contribution in [3.8, 4) is 22.8 Å². The molecule has 0 bridgehead atoms. The monoisotopic (exact) mass is 543 g/mol. The molecule has 2 aromatic heterocycles. The lowest BCUT2D eigenvalue weighted by Crippen LogP contribution is -2.39. The Bertz CT molecular complexity index is 1600. The van der Waals surface area contributed by atoms with Crippen LogP contribution in [0.5, 0.6) is 11.6 Å². The first kappa shape index (κ1) is 27.5. The predicted octanol–water partition coefficient (Wildman–Crippen LogP) is 6.17. The molecular formula is C28H31F2N3O4S. The predicted molar refractivity (Wildman–Crippen MR) is 149 cm³/mol. The van der Waals surface area contributed by atoms with Gasteiger partial charge in [0.15, 0.2) is 5.82 Å². The number of anilines is 1. The molecule has 4 aromatic rings. The Kier molecular flexibility index (Phi) is 7.75. The van der Waals surface area contributed by atoms with Crippen LogP contribution >= 0.6 is 11.3 Å². The summed E-state index contributed by atoms with van der Waals surface area (Å²) >= 11 is 1.13. The minimum atomic E-state index is -0.639. The lowest BCUT2D eigenvalue weighted by molar-refractivity contribution is 0.0910. The van der Waals surface area contributed by atoms with Crippen LogP contribution in [-0.4, -0.2) is 37.0 Å². The molecule has 0 fully saturated rings. The van der Waals surface area contributed by atoms with Gasteiger partial charge < -0.3 is 19.9 Å². The number of thiophene rings is 1. The normalized spacial score (nSPS) is 15.2. The van der Waals surface area contributed by atoms with Crippen LogP contribution in [0.2, 0.25) is 0 Å². The molecule has 0 saturated carbocycles. The van der Waals surface area contributed by atoms with Crippen LogP contribution in [0.1, 0.15) is 30.5 Å². The molecule has 0 amide bonds. The molecule has 2 N–H and O–H groups in total. The number of hydrogen-bond donors (Lipinski definition) is 1. The summed E-state index contributed by atoms with van der Waals surface area (Å²) in [5, 5.41) is 1.01. The minimum absolute atomic E-state index is 0.0441. The van der Waals surface area contributed by atoms with Gasteiger partial charge in [-0.1, -0.05) is 13.0 Å². The van der Waals surface area contributed by atoms with Gasteiger partial charge in [-0.2, -0.15) is 0 Å². The molecule has 10 heteroatoms. The van der Waals surface area contributed by atoms with E-state index in [4.69, 9.17) is 19.9 Å². The maximum absolute atomic E-state index is 16.5. The van der Waals surface area contributed by atoms with Crippen LogP contribution in [-0.2, 0) is 4.74 Å². The van der Waals surface area contributed by atoms with E-state index in [2.05, 4.69) is 18.1 Å². The van der Waals surface area contributed by atoms with Crippen molar-refractivity contribution in [3.05, 3.63) is 58.4 Å². The van der Waals surface area contributed by atoms with Gasteiger partial charge in [0.05, 0.1) is 29.5 Å². The van der Waals surface area contributed by atoms with Crippen molar-refractivity contribution >= 4 is 37.5 Å². The smallest absolute Gasteiger partial charge is 0.314 e. The molecule has 0 aliphatic carbocycles. The number of ether oxygens (including phenoxy) is 3. The summed E-state index contributed by atoms with van der Waals surface area (Å²) in [6, 6.07) is 2.46. The molecule has 2 aromatic carbocycles. The summed E-state index contributed by atoms with van der Waals surface area (Å²) in [5.74, 6) is -0.945. The van der Waals surface area contributed by atoms with Gasteiger partial charge in [0.25, 0.3) is 5.88 Å². The molecule has 0 spiro atoms. The van der Waals surface area contributed by atoms with Gasteiger partial charge in [0.1, 0.15) is 29.2 Å². The van der Waals surface area contributed by atoms with Crippen molar-refractivity contribution in [1.82, 2.24) is 9.55 Å². The topological polar surface area (TPSA) is 88.6 Å². The highest BCUT2D eigenvalue weighted by Gasteiger charge is 2.35. The second-order valence-corrected chi connectivity index (χ2v) is 10.1. The lowest BCUT2D eigenvalue weighted by Gasteiger charge is -2.34. The van der Waals surface area contributed by atoms with Crippen LogP contribution < -0.4 is 20.8 Å². The van der Waals surface area contributed by atoms with E-state index in [1.165, 1.54) is 13.2 Å². The average molecular weight is 544 g/mol. The van der Waals surface area contributed by atoms with E-state index in [-0.39, 0.29) is 35.0 Å². The molecule has 1 aliphatic heterocycles. The number of benzene rings is 2. The van der Waals surface area contributed by atoms with E-state index >= 15 is 4.39 Å².